The number of para-hydroxylation sites is 2. The van der Waals surface area contributed by atoms with Crippen LogP contribution in [0.4, 0.5) is 0 Å². The molecule has 0 atom stereocenters. The summed E-state index contributed by atoms with van der Waals surface area (Å²) < 4.78 is 8.69. The molecule has 0 aliphatic carbocycles. The lowest BCUT2D eigenvalue weighted by molar-refractivity contribution is 0.487. The Kier molecular flexibility index (Phi) is 6.82. The summed E-state index contributed by atoms with van der Waals surface area (Å²) in [5.41, 5.74) is 12.9. The molecule has 0 saturated carbocycles. The fourth-order valence-electron chi connectivity index (χ4n) is 8.06. The molecule has 0 N–H and O–H groups in total. The Balaban J connectivity index is 1.07. The first-order valence-electron chi connectivity index (χ1n) is 18.2. The van der Waals surface area contributed by atoms with Crippen molar-refractivity contribution < 1.29 is 4.74 Å². The van der Waals surface area contributed by atoms with Crippen LogP contribution < -0.4 is 4.74 Å². The molecule has 2 aromatic heterocycles. The highest BCUT2D eigenvalue weighted by atomic mass is 16.5. The Morgan fingerprint density at radius 1 is 0.389 bits per heavy atom. The molecule has 1 aliphatic heterocycles. The van der Waals surface area contributed by atoms with Gasteiger partial charge in [0.2, 0.25) is 0 Å². The SMILES string of the molecule is c1ccc(-c2cc(-c3ccccc3)nc(-c3cccc(-n4c5ccccc5c5cc(-c6cc7c8c(cccc8c6)Oc6ccccc6-7)ccc54)c3)n2)cc1. The average Bonchev–Trinajstić information content (AvgIpc) is 3.58. The van der Waals surface area contributed by atoms with Crippen molar-refractivity contribution in [2.75, 3.05) is 0 Å². The van der Waals surface area contributed by atoms with Crippen LogP contribution in [0, 0.1) is 0 Å². The fraction of sp³-hybridized carbons (Fsp3) is 0. The Morgan fingerprint density at radius 2 is 1.06 bits per heavy atom. The lowest BCUT2D eigenvalue weighted by Crippen LogP contribution is -1.98. The van der Waals surface area contributed by atoms with Gasteiger partial charge in [0.25, 0.3) is 0 Å². The van der Waals surface area contributed by atoms with E-state index in [1.54, 1.807) is 0 Å². The third-order valence-electron chi connectivity index (χ3n) is 10.6. The van der Waals surface area contributed by atoms with Gasteiger partial charge in [-0.2, -0.15) is 0 Å². The maximum atomic E-state index is 6.32. The number of hydrogen-bond acceptors (Lipinski definition) is 3. The van der Waals surface area contributed by atoms with Gasteiger partial charge in [-0.1, -0.05) is 127 Å². The maximum absolute atomic E-state index is 6.32. The van der Waals surface area contributed by atoms with Gasteiger partial charge in [0, 0.05) is 44.1 Å². The smallest absolute Gasteiger partial charge is 0.160 e. The molecule has 0 unspecified atom stereocenters. The topological polar surface area (TPSA) is 39.9 Å². The van der Waals surface area contributed by atoms with Gasteiger partial charge in [0.15, 0.2) is 5.82 Å². The summed E-state index contributed by atoms with van der Waals surface area (Å²) in [6.07, 6.45) is 0. The van der Waals surface area contributed by atoms with Gasteiger partial charge in [-0.3, -0.25) is 0 Å². The predicted molar refractivity (Wildman–Crippen MR) is 221 cm³/mol. The molecule has 3 heterocycles. The first-order chi connectivity index (χ1) is 26.7. The van der Waals surface area contributed by atoms with Crippen molar-refractivity contribution in [3.63, 3.8) is 0 Å². The van der Waals surface area contributed by atoms with E-state index in [0.29, 0.717) is 5.82 Å². The minimum atomic E-state index is 0.690. The van der Waals surface area contributed by atoms with Gasteiger partial charge in [-0.05, 0) is 82.7 Å². The van der Waals surface area contributed by atoms with Crippen molar-refractivity contribution in [3.8, 4) is 73.3 Å². The fourth-order valence-corrected chi connectivity index (χ4v) is 8.06. The first kappa shape index (κ1) is 30.3. The zero-order valence-corrected chi connectivity index (χ0v) is 29.1. The summed E-state index contributed by atoms with van der Waals surface area (Å²) in [5.74, 6) is 2.49. The van der Waals surface area contributed by atoms with Gasteiger partial charge in [-0.15, -0.1) is 0 Å². The van der Waals surface area contributed by atoms with Crippen LogP contribution >= 0.6 is 0 Å². The molecule has 4 nitrogen and oxygen atoms in total. The zero-order chi connectivity index (χ0) is 35.6. The molecule has 54 heavy (non-hydrogen) atoms. The van der Waals surface area contributed by atoms with E-state index >= 15 is 0 Å². The first-order valence-corrected chi connectivity index (χ1v) is 18.2. The second kappa shape index (κ2) is 12.1. The monoisotopic (exact) mass is 689 g/mol. The molecule has 0 radical (unpaired) electrons. The summed E-state index contributed by atoms with van der Waals surface area (Å²) in [6, 6.07) is 66.1. The van der Waals surface area contributed by atoms with E-state index < -0.39 is 0 Å². The van der Waals surface area contributed by atoms with Gasteiger partial charge >= 0.3 is 0 Å². The van der Waals surface area contributed by atoms with Gasteiger partial charge in [0.1, 0.15) is 11.5 Å². The van der Waals surface area contributed by atoms with Gasteiger partial charge in [0.05, 0.1) is 22.4 Å². The van der Waals surface area contributed by atoms with E-state index in [9.17, 15) is 0 Å². The molecular formula is C50H31N3O. The van der Waals surface area contributed by atoms with Crippen LogP contribution in [0.2, 0.25) is 0 Å². The number of benzene rings is 8. The van der Waals surface area contributed by atoms with E-state index in [1.165, 1.54) is 32.8 Å². The van der Waals surface area contributed by atoms with Crippen molar-refractivity contribution in [3.05, 3.63) is 188 Å². The van der Waals surface area contributed by atoms with Crippen LogP contribution in [-0.2, 0) is 0 Å². The molecule has 0 fully saturated rings. The zero-order valence-electron chi connectivity index (χ0n) is 29.1. The number of fused-ring (bicyclic) bond motifs is 5. The highest BCUT2D eigenvalue weighted by Crippen LogP contribution is 2.48. The quantitative estimate of drug-likeness (QED) is 0.181. The van der Waals surface area contributed by atoms with Crippen LogP contribution in [0.3, 0.4) is 0 Å². The predicted octanol–water partition coefficient (Wildman–Crippen LogP) is 13.2. The Morgan fingerprint density at radius 3 is 1.87 bits per heavy atom. The maximum Gasteiger partial charge on any atom is 0.160 e. The minimum absolute atomic E-state index is 0.690. The Hall–Kier alpha value is -7.30. The molecule has 1 aliphatic rings. The van der Waals surface area contributed by atoms with Crippen molar-refractivity contribution in [1.82, 2.24) is 14.5 Å². The molecule has 0 saturated heterocycles. The molecule has 8 aromatic carbocycles. The molecule has 4 heteroatoms. The largest absolute Gasteiger partial charge is 0.456 e. The second-order valence-corrected chi connectivity index (χ2v) is 13.8. The van der Waals surface area contributed by atoms with Gasteiger partial charge < -0.3 is 9.30 Å². The Bertz CT molecular complexity index is 3020. The van der Waals surface area contributed by atoms with Crippen LogP contribution in [0.25, 0.3) is 94.4 Å². The standard InChI is InChI=1S/C50H31N3O/c1-3-13-32(14-4-1)43-31-44(33-15-5-2-6-16-33)52-50(51-43)36-18-11-19-38(28-36)53-45-22-9-7-20-39(45)41-29-34(25-26-46(41)53)37-27-35-17-12-24-48-49(35)42(30-37)40-21-8-10-23-47(40)54-48/h1-31H. The normalized spacial score (nSPS) is 11.9. The lowest BCUT2D eigenvalue weighted by atomic mass is 9.90. The second-order valence-electron chi connectivity index (χ2n) is 13.8. The number of nitrogens with zero attached hydrogens (tertiary/aromatic N) is 3. The van der Waals surface area contributed by atoms with Crippen molar-refractivity contribution in [1.29, 1.82) is 0 Å². The van der Waals surface area contributed by atoms with Crippen molar-refractivity contribution >= 4 is 32.6 Å². The molecule has 0 amide bonds. The highest BCUT2D eigenvalue weighted by molar-refractivity contribution is 6.11. The number of hydrogen-bond donors (Lipinski definition) is 0. The van der Waals surface area contributed by atoms with E-state index in [2.05, 4.69) is 144 Å². The third-order valence-corrected chi connectivity index (χ3v) is 10.6. The summed E-state index contributed by atoms with van der Waals surface area (Å²) in [7, 11) is 0. The number of aromatic nitrogens is 3. The Labute approximate surface area is 312 Å². The summed E-state index contributed by atoms with van der Waals surface area (Å²) in [6.45, 7) is 0. The molecule has 0 spiro atoms. The van der Waals surface area contributed by atoms with E-state index in [4.69, 9.17) is 14.7 Å². The van der Waals surface area contributed by atoms with Crippen LogP contribution in [0.5, 0.6) is 11.5 Å². The molecular weight excluding hydrogens is 659 g/mol. The van der Waals surface area contributed by atoms with Crippen molar-refractivity contribution in [2.24, 2.45) is 0 Å². The number of rotatable bonds is 5. The van der Waals surface area contributed by atoms with E-state index in [1.807, 2.05) is 48.5 Å². The lowest BCUT2D eigenvalue weighted by Gasteiger charge is -2.22. The summed E-state index contributed by atoms with van der Waals surface area (Å²) in [5, 5.41) is 4.74. The average molecular weight is 690 g/mol. The molecule has 11 rings (SSSR count). The molecule has 252 valence electrons. The van der Waals surface area contributed by atoms with E-state index in [0.717, 1.165) is 67.2 Å². The van der Waals surface area contributed by atoms with Crippen LogP contribution in [0.15, 0.2) is 188 Å². The highest BCUT2D eigenvalue weighted by Gasteiger charge is 2.21. The van der Waals surface area contributed by atoms with E-state index in [-0.39, 0.29) is 0 Å². The summed E-state index contributed by atoms with van der Waals surface area (Å²) >= 11 is 0. The summed E-state index contributed by atoms with van der Waals surface area (Å²) in [4.78, 5) is 10.2. The molecule has 10 aromatic rings. The number of ether oxygens (including phenoxy) is 1. The van der Waals surface area contributed by atoms with Crippen LogP contribution in [-0.4, -0.2) is 14.5 Å². The minimum Gasteiger partial charge on any atom is -0.456 e. The third kappa shape index (κ3) is 4.92. The van der Waals surface area contributed by atoms with Gasteiger partial charge in [-0.25, -0.2) is 9.97 Å². The molecule has 0 bridgehead atoms. The van der Waals surface area contributed by atoms with Crippen molar-refractivity contribution in [2.45, 2.75) is 0 Å². The van der Waals surface area contributed by atoms with Crippen LogP contribution in [0.1, 0.15) is 0 Å².